The zero-order chi connectivity index (χ0) is 26.2. The number of hydrogen-bond acceptors (Lipinski definition) is 7. The van der Waals surface area contributed by atoms with Gasteiger partial charge in [-0.3, -0.25) is 0 Å². The number of fused-ring (bicyclic) bond motifs is 1. The quantitative estimate of drug-likeness (QED) is 0.246. The number of rotatable bonds is 7. The minimum atomic E-state index is -2.75. The molecule has 1 aliphatic heterocycles. The Bertz CT molecular complexity index is 1320. The summed E-state index contributed by atoms with van der Waals surface area (Å²) in [4.78, 5) is 8.62. The molecular formula is C27H31IN4O4Si. The lowest BCUT2D eigenvalue weighted by atomic mass is 10.2. The standard InChI is InChI=1S/C27H31IN4O4Si/c1-27(2,3)37(18-11-7-5-8-12-18,19-13-9-6-10-14-19)35-16-21-20(33)15-22(36-21)32-25-23(24(28)31-32)26(34-4)30-17-29-25/h5-14,17,20-22,33H,15-16H2,1-4H3. The summed E-state index contributed by atoms with van der Waals surface area (Å²) in [7, 11) is -1.18. The van der Waals surface area contributed by atoms with Crippen LogP contribution in [0, 0.1) is 3.70 Å². The highest BCUT2D eigenvalue weighted by atomic mass is 127. The van der Waals surface area contributed by atoms with Crippen LogP contribution in [0.1, 0.15) is 33.4 Å². The Morgan fingerprint density at radius 2 is 1.68 bits per heavy atom. The molecule has 0 aliphatic carbocycles. The second-order valence-electron chi connectivity index (χ2n) is 10.2. The molecule has 0 saturated carbocycles. The molecule has 0 bridgehead atoms. The number of benzene rings is 2. The fourth-order valence-electron chi connectivity index (χ4n) is 5.25. The van der Waals surface area contributed by atoms with E-state index in [2.05, 4.69) is 107 Å². The van der Waals surface area contributed by atoms with E-state index in [-0.39, 0.29) is 11.6 Å². The van der Waals surface area contributed by atoms with Crippen molar-refractivity contribution >= 4 is 52.3 Å². The van der Waals surface area contributed by atoms with Gasteiger partial charge in [-0.25, -0.2) is 14.6 Å². The van der Waals surface area contributed by atoms with Gasteiger partial charge in [0.15, 0.2) is 11.9 Å². The first-order chi connectivity index (χ1) is 17.8. The van der Waals surface area contributed by atoms with E-state index >= 15 is 0 Å². The Kier molecular flexibility index (Phi) is 7.38. The topological polar surface area (TPSA) is 91.5 Å². The van der Waals surface area contributed by atoms with E-state index in [0.29, 0.717) is 17.9 Å². The van der Waals surface area contributed by atoms with Gasteiger partial charge in [0.1, 0.15) is 21.5 Å². The van der Waals surface area contributed by atoms with Gasteiger partial charge in [0, 0.05) is 6.42 Å². The average molecular weight is 631 g/mol. The molecule has 1 aliphatic rings. The molecule has 8 nitrogen and oxygen atoms in total. The smallest absolute Gasteiger partial charge is 0.261 e. The Balaban J connectivity index is 1.46. The van der Waals surface area contributed by atoms with Crippen molar-refractivity contribution in [1.82, 2.24) is 19.7 Å². The third-order valence-corrected chi connectivity index (χ3v) is 12.7. The SMILES string of the molecule is COc1ncnc2c1c(I)nn2C1CC(O)C(CO[Si](c2ccccc2)(c2ccccc2)C(C)(C)C)O1. The number of aliphatic hydroxyl groups excluding tert-OH is 1. The summed E-state index contributed by atoms with van der Waals surface area (Å²) in [5, 5.41) is 18.6. The van der Waals surface area contributed by atoms with E-state index < -0.39 is 26.8 Å². The average Bonchev–Trinajstić information content (AvgIpc) is 3.44. The van der Waals surface area contributed by atoms with Gasteiger partial charge < -0.3 is 19.0 Å². The molecule has 3 atom stereocenters. The van der Waals surface area contributed by atoms with Gasteiger partial charge in [0.05, 0.1) is 19.8 Å². The summed E-state index contributed by atoms with van der Waals surface area (Å²) < 4.78 is 21.2. The number of ether oxygens (including phenoxy) is 2. The Hall–Kier alpha value is -2.38. The highest BCUT2D eigenvalue weighted by Crippen LogP contribution is 2.39. The first kappa shape index (κ1) is 26.2. The van der Waals surface area contributed by atoms with Crippen molar-refractivity contribution in [3.05, 3.63) is 70.7 Å². The van der Waals surface area contributed by atoms with Crippen LogP contribution in [0.2, 0.25) is 5.04 Å². The van der Waals surface area contributed by atoms with Crippen LogP contribution in [0.5, 0.6) is 5.88 Å². The normalized spacial score (nSPS) is 20.4. The zero-order valence-electron chi connectivity index (χ0n) is 21.3. The van der Waals surface area contributed by atoms with Crippen LogP contribution in [-0.4, -0.2) is 59.1 Å². The molecule has 1 saturated heterocycles. The highest BCUT2D eigenvalue weighted by Gasteiger charge is 2.51. The molecule has 194 valence electrons. The molecule has 1 N–H and O–H groups in total. The van der Waals surface area contributed by atoms with E-state index in [1.165, 1.54) is 16.7 Å². The minimum absolute atomic E-state index is 0.166. The number of aliphatic hydroxyl groups is 1. The lowest BCUT2D eigenvalue weighted by Gasteiger charge is -2.43. The molecule has 2 aromatic heterocycles. The maximum Gasteiger partial charge on any atom is 0.261 e. The number of aromatic nitrogens is 4. The maximum absolute atomic E-state index is 11.1. The molecule has 3 unspecified atom stereocenters. The van der Waals surface area contributed by atoms with Gasteiger partial charge >= 0.3 is 0 Å². The van der Waals surface area contributed by atoms with Gasteiger partial charge in [-0.2, -0.15) is 5.10 Å². The Morgan fingerprint density at radius 3 is 2.24 bits per heavy atom. The van der Waals surface area contributed by atoms with Crippen molar-refractivity contribution in [2.75, 3.05) is 13.7 Å². The molecule has 1 fully saturated rings. The predicted octanol–water partition coefficient (Wildman–Crippen LogP) is 3.66. The molecule has 4 aromatic rings. The molecule has 3 heterocycles. The van der Waals surface area contributed by atoms with Gasteiger partial charge in [-0.15, -0.1) is 0 Å². The predicted molar refractivity (Wildman–Crippen MR) is 153 cm³/mol. The van der Waals surface area contributed by atoms with E-state index in [0.717, 1.165) is 9.09 Å². The second kappa shape index (κ2) is 10.4. The number of methoxy groups -OCH3 is 1. The maximum atomic E-state index is 11.1. The van der Waals surface area contributed by atoms with Gasteiger partial charge in [0.2, 0.25) is 5.88 Å². The molecule has 2 aromatic carbocycles. The minimum Gasteiger partial charge on any atom is -0.480 e. The van der Waals surface area contributed by atoms with E-state index in [1.54, 1.807) is 11.8 Å². The van der Waals surface area contributed by atoms with Crippen LogP contribution in [-0.2, 0) is 9.16 Å². The Labute approximate surface area is 231 Å². The number of halogens is 1. The number of nitrogens with zero attached hydrogens (tertiary/aromatic N) is 4. The molecule has 10 heteroatoms. The van der Waals surface area contributed by atoms with Crippen molar-refractivity contribution in [2.24, 2.45) is 0 Å². The van der Waals surface area contributed by atoms with Crippen LogP contribution in [0.4, 0.5) is 0 Å². The second-order valence-corrected chi connectivity index (χ2v) is 15.6. The molecule has 0 amide bonds. The van der Waals surface area contributed by atoms with E-state index in [9.17, 15) is 5.11 Å². The van der Waals surface area contributed by atoms with Crippen LogP contribution in [0.25, 0.3) is 11.0 Å². The van der Waals surface area contributed by atoms with Crippen LogP contribution < -0.4 is 15.1 Å². The van der Waals surface area contributed by atoms with Crippen molar-refractivity contribution in [3.63, 3.8) is 0 Å². The summed E-state index contributed by atoms with van der Waals surface area (Å²) in [6, 6.07) is 20.9. The zero-order valence-corrected chi connectivity index (χ0v) is 24.5. The van der Waals surface area contributed by atoms with Crippen molar-refractivity contribution < 1.29 is 19.0 Å². The highest BCUT2D eigenvalue weighted by molar-refractivity contribution is 14.1. The van der Waals surface area contributed by atoms with Crippen molar-refractivity contribution in [2.45, 2.75) is 50.7 Å². The van der Waals surface area contributed by atoms with E-state index in [1.807, 2.05) is 12.1 Å². The monoisotopic (exact) mass is 630 g/mol. The van der Waals surface area contributed by atoms with E-state index in [4.69, 9.17) is 13.9 Å². The molecule has 0 spiro atoms. The number of hydrogen-bond donors (Lipinski definition) is 1. The summed E-state index contributed by atoms with van der Waals surface area (Å²) >= 11 is 2.14. The fraction of sp³-hybridized carbons (Fsp3) is 0.370. The molecular weight excluding hydrogens is 599 g/mol. The summed E-state index contributed by atoms with van der Waals surface area (Å²) in [5.74, 6) is 0.464. The first-order valence-electron chi connectivity index (χ1n) is 12.3. The largest absolute Gasteiger partial charge is 0.480 e. The molecule has 5 rings (SSSR count). The van der Waals surface area contributed by atoms with Crippen molar-refractivity contribution in [3.8, 4) is 5.88 Å². The van der Waals surface area contributed by atoms with Gasteiger partial charge in [0.25, 0.3) is 8.32 Å². The van der Waals surface area contributed by atoms with Gasteiger partial charge in [-0.05, 0) is 38.0 Å². The van der Waals surface area contributed by atoms with Crippen LogP contribution in [0.3, 0.4) is 0 Å². The lowest BCUT2D eigenvalue weighted by Crippen LogP contribution is -2.67. The fourth-order valence-corrected chi connectivity index (χ4v) is 10.5. The van der Waals surface area contributed by atoms with Crippen molar-refractivity contribution in [1.29, 1.82) is 0 Å². The third kappa shape index (κ3) is 4.69. The lowest BCUT2D eigenvalue weighted by molar-refractivity contribution is -0.0439. The molecule has 0 radical (unpaired) electrons. The summed E-state index contributed by atoms with van der Waals surface area (Å²) in [6.07, 6.45) is 0.141. The third-order valence-electron chi connectivity index (χ3n) is 6.96. The molecule has 37 heavy (non-hydrogen) atoms. The summed E-state index contributed by atoms with van der Waals surface area (Å²) in [5.41, 5.74) is 0.613. The first-order valence-corrected chi connectivity index (χ1v) is 15.3. The Morgan fingerprint density at radius 1 is 1.05 bits per heavy atom. The van der Waals surface area contributed by atoms with Crippen LogP contribution >= 0.6 is 22.6 Å². The van der Waals surface area contributed by atoms with Gasteiger partial charge in [-0.1, -0.05) is 81.4 Å². The van der Waals surface area contributed by atoms with Crippen LogP contribution in [0.15, 0.2) is 67.0 Å². The summed E-state index contributed by atoms with van der Waals surface area (Å²) in [6.45, 7) is 6.97.